The van der Waals surface area contributed by atoms with Gasteiger partial charge in [-0.05, 0) is 32.1 Å². The molecule has 0 amide bonds. The molecule has 2 aliphatic rings. The van der Waals surface area contributed by atoms with Crippen molar-refractivity contribution in [1.29, 1.82) is 0 Å². The average molecular weight is 196 g/mol. The summed E-state index contributed by atoms with van der Waals surface area (Å²) < 4.78 is 5.12. The summed E-state index contributed by atoms with van der Waals surface area (Å²) in [5.41, 5.74) is 0.543. The summed E-state index contributed by atoms with van der Waals surface area (Å²) in [4.78, 5) is 11.6. The number of carbonyl (C=O) groups is 1. The lowest BCUT2D eigenvalue weighted by Crippen LogP contribution is -2.34. The van der Waals surface area contributed by atoms with Gasteiger partial charge in [0, 0.05) is 5.92 Å². The summed E-state index contributed by atoms with van der Waals surface area (Å²) in [6.45, 7) is 3.85. The summed E-state index contributed by atoms with van der Waals surface area (Å²) in [5, 5.41) is 9.81. The highest BCUT2D eigenvalue weighted by Gasteiger charge is 2.38. The van der Waals surface area contributed by atoms with Crippen molar-refractivity contribution in [2.75, 3.05) is 0 Å². The minimum Gasteiger partial charge on any atom is -0.511 e. The monoisotopic (exact) mass is 196 g/mol. The number of aliphatic hydroxyl groups is 1. The second-order valence-electron chi connectivity index (χ2n) is 4.43. The van der Waals surface area contributed by atoms with Crippen LogP contribution in [-0.4, -0.2) is 17.2 Å². The fourth-order valence-electron chi connectivity index (χ4n) is 2.41. The van der Waals surface area contributed by atoms with Crippen LogP contribution in [0.5, 0.6) is 0 Å². The molecule has 1 fully saturated rings. The number of aliphatic hydroxyl groups excluding tert-OH is 1. The Bertz CT molecular complexity index is 293. The van der Waals surface area contributed by atoms with Gasteiger partial charge in [0.2, 0.25) is 0 Å². The van der Waals surface area contributed by atoms with E-state index in [4.69, 9.17) is 4.74 Å². The Hall–Kier alpha value is -0.990. The zero-order valence-corrected chi connectivity index (χ0v) is 8.62. The lowest BCUT2D eigenvalue weighted by molar-refractivity contribution is -0.149. The van der Waals surface area contributed by atoms with Gasteiger partial charge in [0.25, 0.3) is 0 Å². The molecule has 14 heavy (non-hydrogen) atoms. The first kappa shape index (κ1) is 9.56. The van der Waals surface area contributed by atoms with E-state index in [1.165, 1.54) is 0 Å². The largest absolute Gasteiger partial charge is 0.511 e. The van der Waals surface area contributed by atoms with Crippen molar-refractivity contribution in [2.45, 2.75) is 39.2 Å². The molecule has 3 heteroatoms. The average Bonchev–Trinajstić information content (AvgIpc) is 2.10. The topological polar surface area (TPSA) is 46.5 Å². The summed E-state index contributed by atoms with van der Waals surface area (Å²) >= 11 is 0. The number of fused-ring (bicyclic) bond motifs is 1. The quantitative estimate of drug-likeness (QED) is 0.604. The molecule has 1 saturated heterocycles. The molecule has 0 aromatic rings. The molecule has 3 atom stereocenters. The van der Waals surface area contributed by atoms with Gasteiger partial charge in [0.15, 0.2) is 0 Å². The normalized spacial score (nSPS) is 37.9. The van der Waals surface area contributed by atoms with Crippen LogP contribution >= 0.6 is 0 Å². The smallest absolute Gasteiger partial charge is 0.337 e. The molecular formula is C11H16O3. The van der Waals surface area contributed by atoms with E-state index < -0.39 is 0 Å². The van der Waals surface area contributed by atoms with E-state index in [2.05, 4.69) is 0 Å². The molecule has 3 unspecified atom stereocenters. The number of esters is 1. The fourth-order valence-corrected chi connectivity index (χ4v) is 2.41. The molecule has 1 aliphatic heterocycles. The van der Waals surface area contributed by atoms with Crippen LogP contribution in [0.3, 0.4) is 0 Å². The van der Waals surface area contributed by atoms with E-state index in [0.717, 1.165) is 19.3 Å². The van der Waals surface area contributed by atoms with Gasteiger partial charge < -0.3 is 9.84 Å². The SMILES string of the molecule is CC1CC2CCC(C)C(O)=C2C(=O)O1. The molecule has 0 saturated carbocycles. The van der Waals surface area contributed by atoms with Crippen LogP contribution in [0.25, 0.3) is 0 Å². The van der Waals surface area contributed by atoms with Gasteiger partial charge in [-0.1, -0.05) is 6.92 Å². The summed E-state index contributed by atoms with van der Waals surface area (Å²) in [7, 11) is 0. The first-order valence-corrected chi connectivity index (χ1v) is 5.23. The third-order valence-corrected chi connectivity index (χ3v) is 3.24. The first-order chi connectivity index (χ1) is 6.59. The number of ether oxygens (including phenoxy) is 1. The molecular weight excluding hydrogens is 180 g/mol. The number of allylic oxidation sites excluding steroid dienone is 1. The van der Waals surface area contributed by atoms with E-state index in [0.29, 0.717) is 5.57 Å². The molecule has 2 rings (SSSR count). The second kappa shape index (κ2) is 3.30. The summed E-state index contributed by atoms with van der Waals surface area (Å²) in [6, 6.07) is 0. The summed E-state index contributed by atoms with van der Waals surface area (Å²) in [6.07, 6.45) is 2.83. The Morgan fingerprint density at radius 1 is 1.36 bits per heavy atom. The Kier molecular flexibility index (Phi) is 2.25. The zero-order valence-electron chi connectivity index (χ0n) is 8.62. The van der Waals surface area contributed by atoms with Gasteiger partial charge in [-0.3, -0.25) is 0 Å². The molecule has 1 aliphatic carbocycles. The molecule has 0 radical (unpaired) electrons. The number of hydrogen-bond acceptors (Lipinski definition) is 3. The number of rotatable bonds is 0. The van der Waals surface area contributed by atoms with Crippen LogP contribution in [0, 0.1) is 11.8 Å². The third-order valence-electron chi connectivity index (χ3n) is 3.24. The van der Waals surface area contributed by atoms with Gasteiger partial charge in [-0.25, -0.2) is 4.79 Å². The summed E-state index contributed by atoms with van der Waals surface area (Å²) in [5.74, 6) is 0.292. The van der Waals surface area contributed by atoms with E-state index >= 15 is 0 Å². The van der Waals surface area contributed by atoms with Gasteiger partial charge in [0.1, 0.15) is 5.76 Å². The van der Waals surface area contributed by atoms with Crippen molar-refractivity contribution < 1.29 is 14.6 Å². The van der Waals surface area contributed by atoms with Crippen molar-refractivity contribution in [1.82, 2.24) is 0 Å². The Morgan fingerprint density at radius 3 is 2.79 bits per heavy atom. The molecule has 1 N–H and O–H groups in total. The van der Waals surface area contributed by atoms with Crippen LogP contribution in [-0.2, 0) is 9.53 Å². The van der Waals surface area contributed by atoms with Gasteiger partial charge >= 0.3 is 5.97 Å². The maximum Gasteiger partial charge on any atom is 0.337 e. The molecule has 0 aromatic carbocycles. The Balaban J connectivity index is 2.33. The highest BCUT2D eigenvalue weighted by Crippen LogP contribution is 2.39. The van der Waals surface area contributed by atoms with Crippen LogP contribution in [0.2, 0.25) is 0 Å². The van der Waals surface area contributed by atoms with Crippen molar-refractivity contribution in [3.63, 3.8) is 0 Å². The lowest BCUT2D eigenvalue weighted by Gasteiger charge is -2.34. The van der Waals surface area contributed by atoms with Gasteiger partial charge in [-0.2, -0.15) is 0 Å². The van der Waals surface area contributed by atoms with E-state index in [9.17, 15) is 9.90 Å². The van der Waals surface area contributed by atoms with E-state index in [-0.39, 0.29) is 29.7 Å². The predicted octanol–water partition coefficient (Wildman–Crippen LogP) is 2.18. The van der Waals surface area contributed by atoms with Crippen molar-refractivity contribution in [3.05, 3.63) is 11.3 Å². The van der Waals surface area contributed by atoms with Gasteiger partial charge in [0.05, 0.1) is 11.7 Å². The van der Waals surface area contributed by atoms with Crippen molar-refractivity contribution in [3.8, 4) is 0 Å². The van der Waals surface area contributed by atoms with E-state index in [1.54, 1.807) is 0 Å². The predicted molar refractivity (Wildman–Crippen MR) is 51.7 cm³/mol. The number of carbonyl (C=O) groups excluding carboxylic acids is 1. The van der Waals surface area contributed by atoms with Crippen molar-refractivity contribution >= 4 is 5.97 Å². The second-order valence-corrected chi connectivity index (χ2v) is 4.43. The fraction of sp³-hybridized carbons (Fsp3) is 0.727. The van der Waals surface area contributed by atoms with Crippen molar-refractivity contribution in [2.24, 2.45) is 11.8 Å². The Morgan fingerprint density at radius 2 is 2.07 bits per heavy atom. The molecule has 1 heterocycles. The number of cyclic esters (lactones) is 1. The highest BCUT2D eigenvalue weighted by molar-refractivity contribution is 5.90. The van der Waals surface area contributed by atoms with Crippen LogP contribution in [0.15, 0.2) is 11.3 Å². The van der Waals surface area contributed by atoms with Crippen LogP contribution in [0.1, 0.15) is 33.1 Å². The lowest BCUT2D eigenvalue weighted by atomic mass is 9.77. The maximum absolute atomic E-state index is 11.6. The molecule has 0 spiro atoms. The standard InChI is InChI=1S/C11H16O3/c1-6-3-4-8-5-7(2)14-11(13)9(8)10(6)12/h6-8,12H,3-5H2,1-2H3. The minimum atomic E-state index is -0.308. The minimum absolute atomic E-state index is 0.00236. The molecule has 3 nitrogen and oxygen atoms in total. The first-order valence-electron chi connectivity index (χ1n) is 5.23. The highest BCUT2D eigenvalue weighted by atomic mass is 16.5. The van der Waals surface area contributed by atoms with Crippen LogP contribution < -0.4 is 0 Å². The molecule has 0 aromatic heterocycles. The molecule has 78 valence electrons. The molecule has 0 bridgehead atoms. The van der Waals surface area contributed by atoms with E-state index in [1.807, 2.05) is 13.8 Å². The zero-order chi connectivity index (χ0) is 10.3. The number of hydrogen-bond donors (Lipinski definition) is 1. The Labute approximate surface area is 83.8 Å². The van der Waals surface area contributed by atoms with Gasteiger partial charge in [-0.15, -0.1) is 0 Å². The maximum atomic E-state index is 11.6. The third kappa shape index (κ3) is 1.41. The van der Waals surface area contributed by atoms with Crippen LogP contribution in [0.4, 0.5) is 0 Å².